The summed E-state index contributed by atoms with van der Waals surface area (Å²) >= 11 is 3.24. The lowest BCUT2D eigenvalue weighted by molar-refractivity contribution is 0.529. The molecule has 2 aromatic rings. The summed E-state index contributed by atoms with van der Waals surface area (Å²) in [5.41, 5.74) is 4.42. The number of rotatable bonds is 4. The van der Waals surface area contributed by atoms with E-state index in [0.717, 1.165) is 10.0 Å². The Labute approximate surface area is 114 Å². The fourth-order valence-electron chi connectivity index (χ4n) is 1.87. The highest BCUT2D eigenvalue weighted by Crippen LogP contribution is 2.21. The maximum absolute atomic E-state index is 13.8. The molecule has 0 saturated heterocycles. The van der Waals surface area contributed by atoms with Crippen molar-refractivity contribution in [1.82, 2.24) is 5.43 Å². The Kier molecular flexibility index (Phi) is 4.47. The molecule has 3 N–H and O–H groups in total. The van der Waals surface area contributed by atoms with Gasteiger partial charge in [-0.15, -0.1) is 0 Å². The molecule has 0 radical (unpaired) electrons. The van der Waals surface area contributed by atoms with Crippen LogP contribution in [0.15, 0.2) is 53.0 Å². The summed E-state index contributed by atoms with van der Waals surface area (Å²) in [4.78, 5) is 0. The predicted octanol–water partition coefficient (Wildman–Crippen LogP) is 3.34. The van der Waals surface area contributed by atoms with Crippen molar-refractivity contribution in [2.75, 3.05) is 0 Å². The van der Waals surface area contributed by atoms with Crippen LogP contribution in [0.5, 0.6) is 0 Å². The van der Waals surface area contributed by atoms with Crippen molar-refractivity contribution in [1.29, 1.82) is 0 Å². The van der Waals surface area contributed by atoms with Gasteiger partial charge in [0.25, 0.3) is 0 Å². The highest BCUT2D eigenvalue weighted by molar-refractivity contribution is 9.10. The number of halogens is 2. The first-order valence-electron chi connectivity index (χ1n) is 5.65. The minimum atomic E-state index is -0.222. The maximum atomic E-state index is 13.8. The van der Waals surface area contributed by atoms with Gasteiger partial charge in [0.1, 0.15) is 5.82 Å². The van der Waals surface area contributed by atoms with Crippen LogP contribution in [-0.4, -0.2) is 0 Å². The van der Waals surface area contributed by atoms with Gasteiger partial charge in [-0.05, 0) is 29.7 Å². The molecule has 0 aliphatic carbocycles. The number of hydrogen-bond donors (Lipinski definition) is 2. The van der Waals surface area contributed by atoms with Crippen LogP contribution >= 0.6 is 15.9 Å². The molecule has 2 aromatic carbocycles. The largest absolute Gasteiger partial charge is 0.271 e. The van der Waals surface area contributed by atoms with Crippen molar-refractivity contribution < 1.29 is 4.39 Å². The summed E-state index contributed by atoms with van der Waals surface area (Å²) in [6, 6.07) is 14.7. The van der Waals surface area contributed by atoms with E-state index in [4.69, 9.17) is 5.84 Å². The molecule has 0 fully saturated rings. The van der Waals surface area contributed by atoms with E-state index in [2.05, 4.69) is 21.4 Å². The molecule has 94 valence electrons. The zero-order valence-corrected chi connectivity index (χ0v) is 11.3. The van der Waals surface area contributed by atoms with Crippen LogP contribution in [0.1, 0.15) is 17.2 Å². The summed E-state index contributed by atoms with van der Waals surface area (Å²) in [6.45, 7) is 0. The minimum Gasteiger partial charge on any atom is -0.271 e. The number of hydrogen-bond acceptors (Lipinski definition) is 2. The molecule has 0 saturated carbocycles. The summed E-state index contributed by atoms with van der Waals surface area (Å²) < 4.78 is 14.5. The first kappa shape index (κ1) is 13.2. The monoisotopic (exact) mass is 308 g/mol. The van der Waals surface area contributed by atoms with Gasteiger partial charge in [0.15, 0.2) is 0 Å². The Morgan fingerprint density at radius 1 is 1.17 bits per heavy atom. The number of hydrazine groups is 1. The van der Waals surface area contributed by atoms with Gasteiger partial charge in [-0.3, -0.25) is 11.3 Å². The third-order valence-electron chi connectivity index (χ3n) is 2.84. The topological polar surface area (TPSA) is 38.0 Å². The van der Waals surface area contributed by atoms with E-state index in [1.807, 2.05) is 36.4 Å². The zero-order chi connectivity index (χ0) is 13.0. The maximum Gasteiger partial charge on any atom is 0.127 e. The van der Waals surface area contributed by atoms with Gasteiger partial charge < -0.3 is 0 Å². The Morgan fingerprint density at radius 3 is 2.50 bits per heavy atom. The lowest BCUT2D eigenvalue weighted by Gasteiger charge is -2.16. The van der Waals surface area contributed by atoms with E-state index in [-0.39, 0.29) is 11.9 Å². The second-order valence-electron chi connectivity index (χ2n) is 4.07. The predicted molar refractivity (Wildman–Crippen MR) is 74.3 cm³/mol. The number of nitrogens with one attached hydrogen (secondary N) is 1. The van der Waals surface area contributed by atoms with Gasteiger partial charge in [-0.1, -0.05) is 52.3 Å². The van der Waals surface area contributed by atoms with Gasteiger partial charge in [0.05, 0.1) is 6.04 Å². The molecule has 2 rings (SSSR count). The SMILES string of the molecule is NNC(Cc1ccc(Br)cc1F)c1ccccc1. The van der Waals surface area contributed by atoms with E-state index in [0.29, 0.717) is 12.0 Å². The van der Waals surface area contributed by atoms with Gasteiger partial charge in [-0.2, -0.15) is 0 Å². The molecule has 0 amide bonds. The molecule has 0 bridgehead atoms. The molecule has 0 aliphatic heterocycles. The molecule has 1 unspecified atom stereocenters. The fourth-order valence-corrected chi connectivity index (χ4v) is 2.20. The zero-order valence-electron chi connectivity index (χ0n) is 9.74. The van der Waals surface area contributed by atoms with Gasteiger partial charge >= 0.3 is 0 Å². The van der Waals surface area contributed by atoms with Crippen molar-refractivity contribution in [2.24, 2.45) is 5.84 Å². The second kappa shape index (κ2) is 6.09. The molecule has 0 aliphatic rings. The van der Waals surface area contributed by atoms with E-state index in [1.54, 1.807) is 6.07 Å². The highest BCUT2D eigenvalue weighted by atomic mass is 79.9. The summed E-state index contributed by atoms with van der Waals surface area (Å²) in [6.07, 6.45) is 0.514. The van der Waals surface area contributed by atoms with Crippen LogP contribution < -0.4 is 11.3 Å². The average molecular weight is 309 g/mol. The molecule has 0 aromatic heterocycles. The van der Waals surface area contributed by atoms with Crippen LogP contribution in [-0.2, 0) is 6.42 Å². The number of benzene rings is 2. The van der Waals surface area contributed by atoms with Gasteiger partial charge in [-0.25, -0.2) is 4.39 Å². The van der Waals surface area contributed by atoms with E-state index < -0.39 is 0 Å². The molecule has 4 heteroatoms. The van der Waals surface area contributed by atoms with Crippen LogP contribution in [0.4, 0.5) is 4.39 Å². The second-order valence-corrected chi connectivity index (χ2v) is 4.99. The van der Waals surface area contributed by atoms with Crippen molar-refractivity contribution in [3.63, 3.8) is 0 Å². The quantitative estimate of drug-likeness (QED) is 0.671. The molecule has 1 atom stereocenters. The Morgan fingerprint density at radius 2 is 1.89 bits per heavy atom. The third-order valence-corrected chi connectivity index (χ3v) is 3.34. The van der Waals surface area contributed by atoms with Gasteiger partial charge in [0.2, 0.25) is 0 Å². The standard InChI is InChI=1S/C14H14BrFN2/c15-12-7-6-11(13(16)9-12)8-14(18-17)10-4-2-1-3-5-10/h1-7,9,14,18H,8,17H2. The minimum absolute atomic E-state index is 0.0955. The van der Waals surface area contributed by atoms with Crippen molar-refractivity contribution in [3.8, 4) is 0 Å². The molecule has 18 heavy (non-hydrogen) atoms. The molecular weight excluding hydrogens is 295 g/mol. The van der Waals surface area contributed by atoms with E-state index in [9.17, 15) is 4.39 Å². The molecule has 0 spiro atoms. The smallest absolute Gasteiger partial charge is 0.127 e. The third kappa shape index (κ3) is 3.16. The molecular formula is C14H14BrFN2. The normalized spacial score (nSPS) is 12.4. The molecule has 2 nitrogen and oxygen atoms in total. The van der Waals surface area contributed by atoms with E-state index in [1.165, 1.54) is 6.07 Å². The fraction of sp³-hybridized carbons (Fsp3) is 0.143. The average Bonchev–Trinajstić information content (AvgIpc) is 2.39. The first-order chi connectivity index (χ1) is 8.70. The lowest BCUT2D eigenvalue weighted by Crippen LogP contribution is -2.29. The van der Waals surface area contributed by atoms with E-state index >= 15 is 0 Å². The highest BCUT2D eigenvalue weighted by Gasteiger charge is 2.12. The Balaban J connectivity index is 2.21. The van der Waals surface area contributed by atoms with Gasteiger partial charge in [0, 0.05) is 4.47 Å². The lowest BCUT2D eigenvalue weighted by atomic mass is 9.99. The van der Waals surface area contributed by atoms with Crippen molar-refractivity contribution in [2.45, 2.75) is 12.5 Å². The Hall–Kier alpha value is -1.23. The van der Waals surface area contributed by atoms with Crippen LogP contribution in [0, 0.1) is 5.82 Å². The van der Waals surface area contributed by atoms with Crippen LogP contribution in [0.3, 0.4) is 0 Å². The van der Waals surface area contributed by atoms with Crippen molar-refractivity contribution in [3.05, 3.63) is 69.9 Å². The van der Waals surface area contributed by atoms with Crippen molar-refractivity contribution >= 4 is 15.9 Å². The first-order valence-corrected chi connectivity index (χ1v) is 6.45. The molecule has 0 heterocycles. The van der Waals surface area contributed by atoms with Crippen LogP contribution in [0.25, 0.3) is 0 Å². The summed E-state index contributed by atoms with van der Waals surface area (Å²) in [5.74, 6) is 5.33. The summed E-state index contributed by atoms with van der Waals surface area (Å²) in [7, 11) is 0. The van der Waals surface area contributed by atoms with Crippen LogP contribution in [0.2, 0.25) is 0 Å². The summed E-state index contributed by atoms with van der Waals surface area (Å²) in [5, 5.41) is 0. The Bertz CT molecular complexity index is 516. The number of nitrogens with two attached hydrogens (primary N) is 1.